The van der Waals surface area contributed by atoms with Gasteiger partial charge in [0.2, 0.25) is 5.78 Å². The fraction of sp³-hybridized carbons (Fsp3) is 0.529. The van der Waals surface area contributed by atoms with Crippen LogP contribution < -0.4 is 0 Å². The second-order valence-corrected chi connectivity index (χ2v) is 6.17. The van der Waals surface area contributed by atoms with Crippen LogP contribution in [0.5, 0.6) is 0 Å². The molecular formula is C17H21F3N2O. The summed E-state index contributed by atoms with van der Waals surface area (Å²) in [4.78, 5) is 14.5. The van der Waals surface area contributed by atoms with E-state index < -0.39 is 17.5 Å². The zero-order chi connectivity index (χ0) is 17.2. The molecule has 2 rings (SSSR count). The first-order valence-electron chi connectivity index (χ1n) is 7.67. The number of likely N-dealkylation sites (tertiary alicyclic amines) is 1. The zero-order valence-electron chi connectivity index (χ0n) is 13.3. The summed E-state index contributed by atoms with van der Waals surface area (Å²) in [7, 11) is 1.93. The van der Waals surface area contributed by atoms with Crippen molar-refractivity contribution in [2.75, 3.05) is 20.1 Å². The highest BCUT2D eigenvalue weighted by Crippen LogP contribution is 2.36. The average molecular weight is 326 g/mol. The molecule has 0 aromatic carbocycles. The first-order valence-corrected chi connectivity index (χ1v) is 7.67. The van der Waals surface area contributed by atoms with Gasteiger partial charge in [0.05, 0.1) is 11.3 Å². The summed E-state index contributed by atoms with van der Waals surface area (Å²) in [6, 6.07) is 0. The molecule has 0 spiro atoms. The number of halogens is 3. The number of allylic oxidation sites excluding steroid dienone is 6. The van der Waals surface area contributed by atoms with E-state index in [1.165, 1.54) is 6.08 Å². The third-order valence-electron chi connectivity index (χ3n) is 4.23. The third kappa shape index (κ3) is 4.19. The monoisotopic (exact) mass is 326 g/mol. The Labute approximate surface area is 134 Å². The van der Waals surface area contributed by atoms with Gasteiger partial charge in [0.1, 0.15) is 0 Å². The highest BCUT2D eigenvalue weighted by Gasteiger charge is 2.39. The molecule has 2 aliphatic rings. The van der Waals surface area contributed by atoms with Gasteiger partial charge in [-0.25, -0.2) is 0 Å². The van der Waals surface area contributed by atoms with Gasteiger partial charge in [0.15, 0.2) is 0 Å². The number of alkyl halides is 3. The highest BCUT2D eigenvalue weighted by molar-refractivity contribution is 6.46. The van der Waals surface area contributed by atoms with Crippen LogP contribution in [-0.4, -0.2) is 42.7 Å². The van der Waals surface area contributed by atoms with Crippen LogP contribution in [0.3, 0.4) is 0 Å². The Bertz CT molecular complexity index is 593. The summed E-state index contributed by atoms with van der Waals surface area (Å²) in [5.41, 5.74) is -0.836. The number of nitrogens with zero attached hydrogens (tertiary/aromatic N) is 1. The molecule has 0 unspecified atom stereocenters. The Morgan fingerprint density at radius 1 is 1.43 bits per heavy atom. The van der Waals surface area contributed by atoms with Gasteiger partial charge < -0.3 is 10.3 Å². The number of hydrogen-bond acceptors (Lipinski definition) is 3. The number of ketones is 1. The maximum absolute atomic E-state index is 13.3. The topological polar surface area (TPSA) is 44.2 Å². The van der Waals surface area contributed by atoms with E-state index in [9.17, 15) is 18.0 Å². The van der Waals surface area contributed by atoms with Crippen LogP contribution in [0.2, 0.25) is 0 Å². The lowest BCUT2D eigenvalue weighted by atomic mass is 9.89. The van der Waals surface area contributed by atoms with Crippen LogP contribution in [0.1, 0.15) is 26.2 Å². The van der Waals surface area contributed by atoms with Crippen LogP contribution in [0.4, 0.5) is 13.2 Å². The van der Waals surface area contributed by atoms with E-state index in [0.29, 0.717) is 12.0 Å². The molecule has 0 saturated carbocycles. The molecule has 3 nitrogen and oxygen atoms in total. The van der Waals surface area contributed by atoms with Crippen LogP contribution in [0.25, 0.3) is 0 Å². The van der Waals surface area contributed by atoms with E-state index in [1.54, 1.807) is 13.0 Å². The minimum absolute atomic E-state index is 0.183. The number of rotatable bonds is 4. The molecule has 1 saturated heterocycles. The van der Waals surface area contributed by atoms with Crippen molar-refractivity contribution in [1.82, 2.24) is 4.90 Å². The van der Waals surface area contributed by atoms with E-state index in [0.717, 1.165) is 19.2 Å². The molecule has 23 heavy (non-hydrogen) atoms. The maximum Gasteiger partial charge on any atom is 0.416 e. The summed E-state index contributed by atoms with van der Waals surface area (Å²) in [6.07, 6.45) is 0.445. The van der Waals surface area contributed by atoms with Crippen molar-refractivity contribution in [1.29, 1.82) is 5.41 Å². The lowest BCUT2D eigenvalue weighted by Crippen LogP contribution is -2.45. The van der Waals surface area contributed by atoms with Gasteiger partial charge in [-0.05, 0) is 45.2 Å². The molecular weight excluding hydrogens is 305 g/mol. The second kappa shape index (κ2) is 6.83. The predicted octanol–water partition coefficient (Wildman–Crippen LogP) is 3.68. The fourth-order valence-electron chi connectivity index (χ4n) is 3.01. The van der Waals surface area contributed by atoms with Gasteiger partial charge in [-0.3, -0.25) is 4.79 Å². The minimum Gasteiger partial charge on any atom is -0.306 e. The minimum atomic E-state index is -4.58. The summed E-state index contributed by atoms with van der Waals surface area (Å²) in [5, 5.41) is 7.93. The Morgan fingerprint density at radius 3 is 2.61 bits per heavy atom. The summed E-state index contributed by atoms with van der Waals surface area (Å²) < 4.78 is 39.8. The van der Waals surface area contributed by atoms with Gasteiger partial charge in [-0.15, -0.1) is 0 Å². The van der Waals surface area contributed by atoms with Gasteiger partial charge in [0, 0.05) is 18.7 Å². The molecule has 0 bridgehead atoms. The van der Waals surface area contributed by atoms with Gasteiger partial charge >= 0.3 is 6.18 Å². The molecule has 0 amide bonds. The maximum atomic E-state index is 13.3. The van der Waals surface area contributed by atoms with Crippen LogP contribution >= 0.6 is 0 Å². The largest absolute Gasteiger partial charge is 0.416 e. The molecule has 6 heteroatoms. The molecule has 1 aliphatic carbocycles. The quantitative estimate of drug-likeness (QED) is 0.801. The third-order valence-corrected chi connectivity index (χ3v) is 4.23. The Hall–Kier alpha value is -1.69. The molecule has 1 heterocycles. The van der Waals surface area contributed by atoms with Crippen molar-refractivity contribution >= 4 is 11.5 Å². The molecule has 126 valence electrons. The highest BCUT2D eigenvalue weighted by atomic mass is 19.4. The zero-order valence-corrected chi connectivity index (χ0v) is 13.3. The van der Waals surface area contributed by atoms with E-state index in [-0.39, 0.29) is 30.0 Å². The average Bonchev–Trinajstić information content (AvgIpc) is 2.66. The number of hydrogen-bond donors (Lipinski definition) is 1. The standard InChI is InChI=1S/C17H21F3N2O/c1-3-11-5-4-6-14(17(18,19)20)13(7-11)16(23)15(21)8-12-9-22(2)10-12/h3,6-7,12,21H,4-5,8-10H2,1-2H3. The van der Waals surface area contributed by atoms with Crippen molar-refractivity contribution in [3.8, 4) is 0 Å². The predicted molar refractivity (Wildman–Crippen MR) is 83.5 cm³/mol. The lowest BCUT2D eigenvalue weighted by molar-refractivity contribution is -0.112. The van der Waals surface area contributed by atoms with Crippen molar-refractivity contribution in [3.05, 3.63) is 34.9 Å². The van der Waals surface area contributed by atoms with Crippen molar-refractivity contribution in [2.24, 2.45) is 5.92 Å². The normalized spacial score (nSPS) is 22.2. The first-order chi connectivity index (χ1) is 10.7. The molecule has 1 aliphatic heterocycles. The lowest BCUT2D eigenvalue weighted by Gasteiger charge is -2.36. The molecule has 1 N–H and O–H groups in total. The molecule has 0 atom stereocenters. The number of nitrogens with one attached hydrogen (secondary N) is 1. The van der Waals surface area contributed by atoms with Gasteiger partial charge in [0.25, 0.3) is 0 Å². The van der Waals surface area contributed by atoms with Gasteiger partial charge in [-0.1, -0.05) is 17.7 Å². The Kier molecular flexibility index (Phi) is 5.24. The molecule has 0 radical (unpaired) electrons. The molecule has 1 fully saturated rings. The van der Waals surface area contributed by atoms with E-state index >= 15 is 0 Å². The summed E-state index contributed by atoms with van der Waals surface area (Å²) in [5.74, 6) is -0.619. The first kappa shape index (κ1) is 17.7. The van der Waals surface area contributed by atoms with E-state index in [1.807, 2.05) is 11.9 Å². The number of carbonyl (C=O) groups is 1. The van der Waals surface area contributed by atoms with Crippen molar-refractivity contribution in [2.45, 2.75) is 32.4 Å². The number of Topliss-reactive ketones (excluding diaryl/α,β-unsaturated/α-hetero) is 1. The smallest absolute Gasteiger partial charge is 0.306 e. The fourth-order valence-corrected chi connectivity index (χ4v) is 3.01. The Balaban J connectivity index is 2.24. The van der Waals surface area contributed by atoms with E-state index in [2.05, 4.69) is 0 Å². The van der Waals surface area contributed by atoms with E-state index in [4.69, 9.17) is 5.41 Å². The van der Waals surface area contributed by atoms with Crippen molar-refractivity contribution in [3.63, 3.8) is 0 Å². The van der Waals surface area contributed by atoms with Crippen LogP contribution in [0.15, 0.2) is 34.9 Å². The SMILES string of the molecule is CC=C1C=C(C(=O)C(=N)CC2CN(C)C2)C(C(F)(F)F)=CCC1. The van der Waals surface area contributed by atoms with Crippen LogP contribution in [0, 0.1) is 11.3 Å². The molecule has 0 aromatic rings. The van der Waals surface area contributed by atoms with Gasteiger partial charge in [-0.2, -0.15) is 13.2 Å². The second-order valence-electron chi connectivity index (χ2n) is 6.17. The number of carbonyl (C=O) groups excluding carboxylic acids is 1. The summed E-state index contributed by atoms with van der Waals surface area (Å²) >= 11 is 0. The van der Waals surface area contributed by atoms with Crippen molar-refractivity contribution < 1.29 is 18.0 Å². The van der Waals surface area contributed by atoms with Crippen LogP contribution in [-0.2, 0) is 4.79 Å². The summed E-state index contributed by atoms with van der Waals surface area (Å²) in [6.45, 7) is 3.29. The molecule has 0 aromatic heterocycles. The Morgan fingerprint density at radius 2 is 2.09 bits per heavy atom.